The van der Waals surface area contributed by atoms with Crippen LogP contribution in [0.25, 0.3) is 44.3 Å². The lowest BCUT2D eigenvalue weighted by Crippen LogP contribution is -2.31. The molecule has 2 N–H and O–H groups in total. The summed E-state index contributed by atoms with van der Waals surface area (Å²) in [5.74, 6) is -1.31. The maximum Gasteiger partial charge on any atom is 0.278 e. The Morgan fingerprint density at radius 2 is 1.62 bits per heavy atom. The molecule has 1 amide bonds. The third-order valence-corrected chi connectivity index (χ3v) is 9.11. The number of fused-ring (bicyclic) bond motifs is 2. The van der Waals surface area contributed by atoms with Gasteiger partial charge in [0.05, 0.1) is 29.5 Å². The molecule has 0 saturated heterocycles. The number of nitrogens with zero attached hydrogens (tertiary/aromatic N) is 4. The number of hydrogen-bond donors (Lipinski definition) is 2. The van der Waals surface area contributed by atoms with Gasteiger partial charge in [-0.1, -0.05) is 23.4 Å². The molecule has 0 fully saturated rings. The molecule has 11 nitrogen and oxygen atoms in total. The first-order valence-corrected chi connectivity index (χ1v) is 16.0. The molecule has 0 aliphatic rings. The zero-order valence-corrected chi connectivity index (χ0v) is 26.0. The highest BCUT2D eigenvalue weighted by molar-refractivity contribution is 7.92. The van der Waals surface area contributed by atoms with Crippen molar-refractivity contribution in [3.05, 3.63) is 112 Å². The zero-order valence-electron chi connectivity index (χ0n) is 25.2. The molecule has 1 atom stereocenters. The Morgan fingerprint density at radius 3 is 2.23 bits per heavy atom. The Morgan fingerprint density at radius 1 is 0.979 bits per heavy atom. The molecule has 0 bridgehead atoms. The number of carbonyl (C=O) groups is 1. The van der Waals surface area contributed by atoms with Crippen LogP contribution >= 0.6 is 0 Å². The molecule has 0 aliphatic carbocycles. The number of amides is 1. The molecule has 0 spiro atoms. The van der Waals surface area contributed by atoms with Crippen molar-refractivity contribution in [3.8, 4) is 22.5 Å². The summed E-state index contributed by atoms with van der Waals surface area (Å²) in [5.41, 5.74) is 1.74. The second-order valence-corrected chi connectivity index (χ2v) is 12.8. The summed E-state index contributed by atoms with van der Waals surface area (Å²) in [4.78, 5) is 27.0. The molecular formula is C33H27F2N5O6S. The number of nitrogens with one attached hydrogen (secondary N) is 1. The molecule has 4 aromatic carbocycles. The fourth-order valence-corrected chi connectivity index (χ4v) is 5.90. The number of aliphatic hydroxyl groups excluding tert-OH is 1. The molecule has 2 heterocycles. The van der Waals surface area contributed by atoms with E-state index in [1.54, 1.807) is 18.2 Å². The van der Waals surface area contributed by atoms with E-state index in [0.29, 0.717) is 27.6 Å². The highest BCUT2D eigenvalue weighted by Crippen LogP contribution is 2.41. The standard InChI is InChI=1S/C33H27F2N5O6S/c1-36-32(42)30-25-15-23(27(39(2)47(3,44)45)16-29(25)46-31(30)19-6-11-22(35)12-7-19)20-8-13-26-24(14-20)33(43)40(38-37-26)28(17-41)18-4-9-21(34)10-5-18/h4-16,28,41H,17H2,1-3H3,(H,36,42)/t28-/m1/s1. The average molecular weight is 660 g/mol. The zero-order chi connectivity index (χ0) is 33.6. The van der Waals surface area contributed by atoms with Crippen LogP contribution in [-0.4, -0.2) is 61.4 Å². The number of sulfonamides is 1. The summed E-state index contributed by atoms with van der Waals surface area (Å²) in [6.07, 6.45) is 1.03. The number of furan rings is 1. The molecule has 6 rings (SSSR count). The second kappa shape index (κ2) is 12.0. The van der Waals surface area contributed by atoms with E-state index in [9.17, 15) is 31.9 Å². The smallest absolute Gasteiger partial charge is 0.278 e. The van der Waals surface area contributed by atoms with Gasteiger partial charge in [0.1, 0.15) is 34.5 Å². The fourth-order valence-electron chi connectivity index (χ4n) is 5.39. The van der Waals surface area contributed by atoms with E-state index >= 15 is 0 Å². The Labute approximate surface area is 266 Å². The van der Waals surface area contributed by atoms with Crippen LogP contribution in [-0.2, 0) is 10.0 Å². The number of hydrogen-bond acceptors (Lipinski definition) is 8. The predicted octanol–water partition coefficient (Wildman–Crippen LogP) is 4.49. The molecule has 0 aliphatic heterocycles. The molecule has 0 saturated carbocycles. The lowest BCUT2D eigenvalue weighted by molar-refractivity contribution is 0.0964. The second-order valence-electron chi connectivity index (χ2n) is 10.8. The van der Waals surface area contributed by atoms with E-state index in [-0.39, 0.29) is 33.5 Å². The maximum absolute atomic E-state index is 13.8. The first kappa shape index (κ1) is 31.5. The molecular weight excluding hydrogens is 632 g/mol. The van der Waals surface area contributed by atoms with Crippen molar-refractivity contribution >= 4 is 43.5 Å². The summed E-state index contributed by atoms with van der Waals surface area (Å²) in [5, 5.41) is 21.4. The molecule has 240 valence electrons. The van der Waals surface area contributed by atoms with Gasteiger partial charge in [-0.15, -0.1) is 5.10 Å². The van der Waals surface area contributed by atoms with Crippen LogP contribution in [0.4, 0.5) is 14.5 Å². The fraction of sp³-hybridized carbons (Fsp3) is 0.152. The lowest BCUT2D eigenvalue weighted by Gasteiger charge is -2.21. The molecule has 2 aromatic heterocycles. The third-order valence-electron chi connectivity index (χ3n) is 7.92. The highest BCUT2D eigenvalue weighted by atomic mass is 32.2. The van der Waals surface area contributed by atoms with Crippen molar-refractivity contribution < 1.29 is 31.5 Å². The van der Waals surface area contributed by atoms with Crippen LogP contribution < -0.4 is 15.2 Å². The third kappa shape index (κ3) is 5.72. The van der Waals surface area contributed by atoms with Gasteiger partial charge in [-0.3, -0.25) is 13.9 Å². The van der Waals surface area contributed by atoms with Gasteiger partial charge in [0.25, 0.3) is 11.5 Å². The number of halogens is 2. The Kier molecular flexibility index (Phi) is 8.07. The van der Waals surface area contributed by atoms with Gasteiger partial charge in [0.2, 0.25) is 10.0 Å². The lowest BCUT2D eigenvalue weighted by atomic mass is 9.97. The predicted molar refractivity (Wildman–Crippen MR) is 173 cm³/mol. The summed E-state index contributed by atoms with van der Waals surface area (Å²) in [6.45, 7) is -0.523. The minimum absolute atomic E-state index is 0.108. The molecule has 0 radical (unpaired) electrons. The Hall–Kier alpha value is -5.47. The van der Waals surface area contributed by atoms with Crippen LogP contribution in [0.3, 0.4) is 0 Å². The first-order chi connectivity index (χ1) is 22.4. The maximum atomic E-state index is 13.8. The highest BCUT2D eigenvalue weighted by Gasteiger charge is 2.26. The van der Waals surface area contributed by atoms with Crippen LogP contribution in [0.15, 0.2) is 88.1 Å². The van der Waals surface area contributed by atoms with Crippen LogP contribution in [0, 0.1) is 11.6 Å². The van der Waals surface area contributed by atoms with Gasteiger partial charge in [-0.2, -0.15) is 0 Å². The number of benzene rings is 4. The van der Waals surface area contributed by atoms with Crippen LogP contribution in [0.5, 0.6) is 0 Å². The Balaban J connectivity index is 1.60. The number of anilines is 1. The van der Waals surface area contributed by atoms with Crippen LogP contribution in [0.1, 0.15) is 22.0 Å². The van der Waals surface area contributed by atoms with Crippen molar-refractivity contribution in [2.45, 2.75) is 6.04 Å². The molecule has 14 heteroatoms. The topological polar surface area (TPSA) is 148 Å². The van der Waals surface area contributed by atoms with E-state index in [4.69, 9.17) is 4.42 Å². The van der Waals surface area contributed by atoms with Gasteiger partial charge in [0, 0.05) is 36.7 Å². The minimum Gasteiger partial charge on any atom is -0.455 e. The molecule has 0 unspecified atom stereocenters. The Bertz CT molecular complexity index is 2340. The van der Waals surface area contributed by atoms with Crippen molar-refractivity contribution in [1.82, 2.24) is 20.3 Å². The number of carbonyl (C=O) groups excluding carboxylic acids is 1. The van der Waals surface area contributed by atoms with Gasteiger partial charge in [0.15, 0.2) is 0 Å². The number of aromatic nitrogens is 3. The van der Waals surface area contributed by atoms with Crippen molar-refractivity contribution in [2.75, 3.05) is 31.3 Å². The SMILES string of the molecule is CNC(=O)c1c(-c2ccc(F)cc2)oc2cc(N(C)S(C)(=O)=O)c(-c3ccc4nnn([C@H](CO)c5ccc(F)cc5)c(=O)c4c3)cc12. The summed E-state index contributed by atoms with van der Waals surface area (Å²) < 4.78 is 61.0. The van der Waals surface area contributed by atoms with Gasteiger partial charge in [-0.25, -0.2) is 21.9 Å². The van der Waals surface area contributed by atoms with Crippen molar-refractivity contribution in [1.29, 1.82) is 0 Å². The number of rotatable bonds is 8. The number of aliphatic hydroxyl groups is 1. The summed E-state index contributed by atoms with van der Waals surface area (Å²) >= 11 is 0. The normalized spacial score (nSPS) is 12.4. The monoisotopic (exact) mass is 659 g/mol. The van der Waals surface area contributed by atoms with E-state index < -0.39 is 45.8 Å². The van der Waals surface area contributed by atoms with E-state index in [1.165, 1.54) is 74.8 Å². The van der Waals surface area contributed by atoms with E-state index in [0.717, 1.165) is 15.2 Å². The van der Waals surface area contributed by atoms with Crippen LogP contribution in [0.2, 0.25) is 0 Å². The quantitative estimate of drug-likeness (QED) is 0.243. The summed E-state index contributed by atoms with van der Waals surface area (Å²) in [7, 11) is -1.01. The summed E-state index contributed by atoms with van der Waals surface area (Å²) in [6, 6.07) is 17.5. The first-order valence-electron chi connectivity index (χ1n) is 14.2. The van der Waals surface area contributed by atoms with Gasteiger partial charge >= 0.3 is 0 Å². The van der Waals surface area contributed by atoms with E-state index in [1.807, 2.05) is 0 Å². The van der Waals surface area contributed by atoms with Crippen molar-refractivity contribution in [2.24, 2.45) is 0 Å². The van der Waals surface area contributed by atoms with Crippen molar-refractivity contribution in [3.63, 3.8) is 0 Å². The molecule has 6 aromatic rings. The van der Waals surface area contributed by atoms with Gasteiger partial charge in [-0.05, 0) is 65.7 Å². The van der Waals surface area contributed by atoms with E-state index in [2.05, 4.69) is 15.6 Å². The average Bonchev–Trinajstić information content (AvgIpc) is 3.44. The minimum atomic E-state index is -3.81. The van der Waals surface area contributed by atoms with Gasteiger partial charge < -0.3 is 14.8 Å². The molecule has 47 heavy (non-hydrogen) atoms. The largest absolute Gasteiger partial charge is 0.455 e.